The van der Waals surface area contributed by atoms with Crippen LogP contribution < -0.4 is 5.32 Å². The lowest BCUT2D eigenvalue weighted by molar-refractivity contribution is -0.138. The first-order valence-corrected chi connectivity index (χ1v) is 5.46. The molecule has 0 fully saturated rings. The summed E-state index contributed by atoms with van der Waals surface area (Å²) in [7, 11) is 0. The molecule has 20 heavy (non-hydrogen) atoms. The average Bonchev–Trinajstić information content (AvgIpc) is 2.28. The molecule has 0 aliphatic rings. The van der Waals surface area contributed by atoms with Gasteiger partial charge < -0.3 is 15.5 Å². The van der Waals surface area contributed by atoms with Crippen molar-refractivity contribution in [3.8, 4) is 5.75 Å². The van der Waals surface area contributed by atoms with Crippen molar-refractivity contribution in [2.75, 3.05) is 0 Å². The van der Waals surface area contributed by atoms with Crippen LogP contribution in [0.1, 0.15) is 30.6 Å². The highest BCUT2D eigenvalue weighted by Gasteiger charge is 2.28. The average molecular weight is 291 g/mol. The number of rotatable bonds is 4. The number of hydrogen-bond acceptors (Lipinski definition) is 3. The third-order valence-electron chi connectivity index (χ3n) is 2.42. The van der Waals surface area contributed by atoms with E-state index in [1.54, 1.807) is 0 Å². The molecule has 0 spiro atoms. The Morgan fingerprint density at radius 3 is 2.30 bits per heavy atom. The van der Waals surface area contributed by atoms with Gasteiger partial charge in [0.2, 0.25) is 5.82 Å². The second-order valence-electron chi connectivity index (χ2n) is 4.79. The molecule has 0 aliphatic carbocycles. The lowest BCUT2D eigenvalue weighted by Crippen LogP contribution is -2.45. The Morgan fingerprint density at radius 2 is 1.80 bits per heavy atom. The lowest BCUT2D eigenvalue weighted by atomic mass is 10.00. The molecule has 0 aromatic heterocycles. The van der Waals surface area contributed by atoms with Gasteiger partial charge in [-0.3, -0.25) is 9.59 Å². The van der Waals surface area contributed by atoms with Gasteiger partial charge in [-0.2, -0.15) is 4.39 Å². The lowest BCUT2D eigenvalue weighted by Gasteiger charge is -2.24. The standard InChI is InChI=1S/C12H12F3NO4/c1-12(2,4-7(17)18)16-11(20)5-3-6(13)9(15)10(19)8(5)14/h3,19H,4H2,1-2H3,(H,16,20)(H,17,18). The number of benzene rings is 1. The van der Waals surface area contributed by atoms with E-state index in [-0.39, 0.29) is 6.07 Å². The molecule has 0 saturated heterocycles. The third-order valence-corrected chi connectivity index (χ3v) is 2.42. The maximum absolute atomic E-state index is 13.5. The Bertz CT molecular complexity index is 572. The summed E-state index contributed by atoms with van der Waals surface area (Å²) in [5, 5.41) is 19.8. The molecule has 1 aromatic rings. The number of halogens is 3. The number of carboxylic acids is 1. The van der Waals surface area contributed by atoms with Gasteiger partial charge >= 0.3 is 5.97 Å². The first kappa shape index (κ1) is 15.8. The topological polar surface area (TPSA) is 86.6 Å². The van der Waals surface area contributed by atoms with Crippen LogP contribution in [0.5, 0.6) is 5.75 Å². The van der Waals surface area contributed by atoms with E-state index in [0.717, 1.165) is 0 Å². The van der Waals surface area contributed by atoms with E-state index in [9.17, 15) is 22.8 Å². The minimum absolute atomic E-state index is 0.288. The van der Waals surface area contributed by atoms with Crippen molar-refractivity contribution in [3.05, 3.63) is 29.1 Å². The van der Waals surface area contributed by atoms with Crippen LogP contribution in [0.25, 0.3) is 0 Å². The van der Waals surface area contributed by atoms with Crippen LogP contribution in [0.15, 0.2) is 6.07 Å². The molecule has 110 valence electrons. The predicted molar refractivity (Wildman–Crippen MR) is 61.8 cm³/mol. The fourth-order valence-electron chi connectivity index (χ4n) is 1.55. The first-order valence-electron chi connectivity index (χ1n) is 5.46. The van der Waals surface area contributed by atoms with Crippen molar-refractivity contribution in [2.24, 2.45) is 0 Å². The summed E-state index contributed by atoms with van der Waals surface area (Å²) in [5.41, 5.74) is -2.16. The molecule has 0 radical (unpaired) electrons. The van der Waals surface area contributed by atoms with Gasteiger partial charge in [-0.25, -0.2) is 8.78 Å². The monoisotopic (exact) mass is 291 g/mol. The van der Waals surface area contributed by atoms with Crippen LogP contribution in [0.3, 0.4) is 0 Å². The first-order chi connectivity index (χ1) is 9.05. The fourth-order valence-corrected chi connectivity index (χ4v) is 1.55. The predicted octanol–water partition coefficient (Wildman–Crippen LogP) is 1.79. The van der Waals surface area contributed by atoms with E-state index >= 15 is 0 Å². The number of aromatic hydroxyl groups is 1. The van der Waals surface area contributed by atoms with Gasteiger partial charge in [0.05, 0.1) is 12.0 Å². The highest BCUT2D eigenvalue weighted by Crippen LogP contribution is 2.26. The van der Waals surface area contributed by atoms with Crippen molar-refractivity contribution in [1.29, 1.82) is 0 Å². The van der Waals surface area contributed by atoms with Crippen LogP contribution in [-0.2, 0) is 4.79 Å². The van der Waals surface area contributed by atoms with E-state index in [1.807, 2.05) is 0 Å². The molecule has 0 saturated carbocycles. The summed E-state index contributed by atoms with van der Waals surface area (Å²) in [4.78, 5) is 22.3. The number of carboxylic acid groups (broad SMARTS) is 1. The molecule has 1 rings (SSSR count). The Kier molecular flexibility index (Phi) is 4.26. The molecular weight excluding hydrogens is 279 g/mol. The second kappa shape index (κ2) is 5.40. The maximum Gasteiger partial charge on any atom is 0.305 e. The molecular formula is C12H12F3NO4. The minimum atomic E-state index is -1.80. The zero-order chi connectivity index (χ0) is 15.7. The molecule has 0 aliphatic heterocycles. The molecule has 1 amide bonds. The molecule has 5 nitrogen and oxygen atoms in total. The van der Waals surface area contributed by atoms with Gasteiger partial charge in [-0.05, 0) is 19.9 Å². The molecule has 1 aromatic carbocycles. The van der Waals surface area contributed by atoms with Crippen LogP contribution >= 0.6 is 0 Å². The molecule has 0 unspecified atom stereocenters. The number of aliphatic carboxylic acids is 1. The summed E-state index contributed by atoms with van der Waals surface area (Å²) in [5.74, 6) is -8.99. The summed E-state index contributed by atoms with van der Waals surface area (Å²) in [6.45, 7) is 2.72. The number of carbonyl (C=O) groups excluding carboxylic acids is 1. The summed E-state index contributed by atoms with van der Waals surface area (Å²) >= 11 is 0. The summed E-state index contributed by atoms with van der Waals surface area (Å²) < 4.78 is 39.4. The van der Waals surface area contributed by atoms with E-state index in [2.05, 4.69) is 5.32 Å². The van der Waals surface area contributed by atoms with E-state index in [4.69, 9.17) is 10.2 Å². The fraction of sp³-hybridized carbons (Fsp3) is 0.333. The Labute approximate surface area is 112 Å². The van der Waals surface area contributed by atoms with Crippen molar-refractivity contribution in [3.63, 3.8) is 0 Å². The van der Waals surface area contributed by atoms with Crippen LogP contribution in [0.2, 0.25) is 0 Å². The number of carbonyl (C=O) groups is 2. The largest absolute Gasteiger partial charge is 0.503 e. The van der Waals surface area contributed by atoms with E-state index in [1.165, 1.54) is 13.8 Å². The zero-order valence-electron chi connectivity index (χ0n) is 10.6. The Hall–Kier alpha value is -2.25. The number of phenols is 1. The summed E-state index contributed by atoms with van der Waals surface area (Å²) in [6, 6.07) is 0.288. The smallest absolute Gasteiger partial charge is 0.305 e. The highest BCUT2D eigenvalue weighted by atomic mass is 19.2. The van der Waals surface area contributed by atoms with Gasteiger partial charge in [-0.15, -0.1) is 0 Å². The number of nitrogens with one attached hydrogen (secondary N) is 1. The second-order valence-corrected chi connectivity index (χ2v) is 4.79. The van der Waals surface area contributed by atoms with E-state index in [0.29, 0.717) is 0 Å². The molecule has 3 N–H and O–H groups in total. The number of phenolic OH excluding ortho intramolecular Hbond substituents is 1. The van der Waals surface area contributed by atoms with Crippen molar-refractivity contribution >= 4 is 11.9 Å². The van der Waals surface area contributed by atoms with Crippen LogP contribution in [0.4, 0.5) is 13.2 Å². The molecule has 8 heteroatoms. The van der Waals surface area contributed by atoms with Crippen LogP contribution in [0, 0.1) is 17.5 Å². The van der Waals surface area contributed by atoms with Gasteiger partial charge in [0, 0.05) is 5.54 Å². The number of amides is 1. The third kappa shape index (κ3) is 3.40. The van der Waals surface area contributed by atoms with Gasteiger partial charge in [0.25, 0.3) is 5.91 Å². The highest BCUT2D eigenvalue weighted by molar-refractivity contribution is 5.95. The van der Waals surface area contributed by atoms with Crippen molar-refractivity contribution in [1.82, 2.24) is 5.32 Å². The van der Waals surface area contributed by atoms with Crippen molar-refractivity contribution in [2.45, 2.75) is 25.8 Å². The van der Waals surface area contributed by atoms with Crippen LogP contribution in [-0.4, -0.2) is 27.6 Å². The summed E-state index contributed by atoms with van der Waals surface area (Å²) in [6.07, 6.45) is -0.462. The van der Waals surface area contributed by atoms with Crippen molar-refractivity contribution < 1.29 is 33.0 Å². The van der Waals surface area contributed by atoms with Gasteiger partial charge in [0.15, 0.2) is 17.4 Å². The molecule has 0 heterocycles. The van der Waals surface area contributed by atoms with Gasteiger partial charge in [-0.1, -0.05) is 0 Å². The molecule has 0 atom stereocenters. The van der Waals surface area contributed by atoms with E-state index < -0.39 is 52.6 Å². The Morgan fingerprint density at radius 1 is 1.25 bits per heavy atom. The van der Waals surface area contributed by atoms with Gasteiger partial charge in [0.1, 0.15) is 0 Å². The molecule has 0 bridgehead atoms. The zero-order valence-corrected chi connectivity index (χ0v) is 10.6. The Balaban J connectivity index is 3.08. The SMILES string of the molecule is CC(C)(CC(=O)O)NC(=O)c1cc(F)c(F)c(O)c1F. The quantitative estimate of drug-likeness (QED) is 0.738. The number of hydrogen-bond donors (Lipinski definition) is 3. The minimum Gasteiger partial charge on any atom is -0.503 e. The normalized spacial score (nSPS) is 11.2. The maximum atomic E-state index is 13.5.